The minimum absolute atomic E-state index is 0.116. The minimum Gasteiger partial charge on any atom is -0.387 e. The maximum absolute atomic E-state index is 12.5. The van der Waals surface area contributed by atoms with E-state index in [2.05, 4.69) is 4.72 Å². The van der Waals surface area contributed by atoms with Gasteiger partial charge >= 0.3 is 0 Å². The van der Waals surface area contributed by atoms with Gasteiger partial charge in [-0.05, 0) is 41.0 Å². The summed E-state index contributed by atoms with van der Waals surface area (Å²) in [6.07, 6.45) is -0.958. The predicted octanol–water partition coefficient (Wildman–Crippen LogP) is 3.81. The molecule has 0 amide bonds. The summed E-state index contributed by atoms with van der Waals surface area (Å²) in [4.78, 5) is 0.116. The number of aliphatic hydroxyl groups is 1. The summed E-state index contributed by atoms with van der Waals surface area (Å²) in [5, 5.41) is 12.8. The first-order valence-electron chi connectivity index (χ1n) is 7.80. The first-order valence-corrected chi connectivity index (χ1v) is 9.67. The Morgan fingerprint density at radius 3 is 2.52 bits per heavy atom. The fraction of sp³-hybridized carbons (Fsp3) is 0.158. The molecule has 25 heavy (non-hydrogen) atoms. The predicted molar refractivity (Wildman–Crippen MR) is 100 cm³/mol. The van der Waals surface area contributed by atoms with Gasteiger partial charge in [0.25, 0.3) is 0 Å². The molecule has 3 aromatic rings. The van der Waals surface area contributed by atoms with Gasteiger partial charge in [0.2, 0.25) is 10.0 Å². The van der Waals surface area contributed by atoms with Crippen LogP contribution in [0.5, 0.6) is 0 Å². The van der Waals surface area contributed by atoms with Crippen LogP contribution in [-0.4, -0.2) is 20.1 Å². The molecule has 0 radical (unpaired) electrons. The van der Waals surface area contributed by atoms with Crippen molar-refractivity contribution in [2.75, 3.05) is 6.54 Å². The van der Waals surface area contributed by atoms with Gasteiger partial charge < -0.3 is 5.11 Å². The normalized spacial score (nSPS) is 13.1. The molecule has 6 heteroatoms. The molecule has 0 saturated carbocycles. The molecule has 0 heterocycles. The van der Waals surface area contributed by atoms with Crippen LogP contribution in [0.2, 0.25) is 5.02 Å². The van der Waals surface area contributed by atoms with Crippen LogP contribution in [0.4, 0.5) is 0 Å². The van der Waals surface area contributed by atoms with Gasteiger partial charge in [0.05, 0.1) is 11.0 Å². The topological polar surface area (TPSA) is 66.4 Å². The van der Waals surface area contributed by atoms with Crippen LogP contribution in [0.25, 0.3) is 10.8 Å². The molecule has 3 aromatic carbocycles. The van der Waals surface area contributed by atoms with Crippen molar-refractivity contribution in [3.63, 3.8) is 0 Å². The lowest BCUT2D eigenvalue weighted by atomic mass is 10.0. The molecule has 0 spiro atoms. The van der Waals surface area contributed by atoms with Crippen LogP contribution in [0.15, 0.2) is 65.6 Å². The number of aliphatic hydroxyl groups excluding tert-OH is 1. The Morgan fingerprint density at radius 1 is 1.04 bits per heavy atom. The monoisotopic (exact) mass is 375 g/mol. The fourth-order valence-electron chi connectivity index (χ4n) is 2.80. The summed E-state index contributed by atoms with van der Waals surface area (Å²) < 4.78 is 27.5. The van der Waals surface area contributed by atoms with E-state index in [1.807, 2.05) is 36.4 Å². The SMILES string of the molecule is Cc1c(Cl)cccc1S(=O)(=O)NC[C@@H](O)c1cccc2ccccc12. The number of hydrogen-bond acceptors (Lipinski definition) is 3. The molecule has 0 aliphatic carbocycles. The van der Waals surface area contributed by atoms with Crippen molar-refractivity contribution in [2.45, 2.75) is 17.9 Å². The zero-order valence-corrected chi connectivity index (χ0v) is 15.2. The van der Waals surface area contributed by atoms with Crippen molar-refractivity contribution in [3.8, 4) is 0 Å². The van der Waals surface area contributed by atoms with E-state index in [0.717, 1.165) is 10.8 Å². The van der Waals surface area contributed by atoms with Crippen molar-refractivity contribution in [1.29, 1.82) is 0 Å². The Morgan fingerprint density at radius 2 is 1.72 bits per heavy atom. The van der Waals surface area contributed by atoms with Gasteiger partial charge in [-0.3, -0.25) is 0 Å². The first-order chi connectivity index (χ1) is 11.9. The van der Waals surface area contributed by atoms with Gasteiger partial charge in [0.15, 0.2) is 0 Å². The van der Waals surface area contributed by atoms with Crippen molar-refractivity contribution >= 4 is 32.4 Å². The molecule has 0 fully saturated rings. The number of sulfonamides is 1. The number of benzene rings is 3. The van der Waals surface area contributed by atoms with Gasteiger partial charge in [-0.2, -0.15) is 0 Å². The van der Waals surface area contributed by atoms with Crippen LogP contribution in [-0.2, 0) is 10.0 Å². The maximum Gasteiger partial charge on any atom is 0.240 e. The number of halogens is 1. The average Bonchev–Trinajstić information content (AvgIpc) is 2.61. The van der Waals surface area contributed by atoms with Gasteiger partial charge in [-0.1, -0.05) is 60.1 Å². The molecule has 0 aliphatic heterocycles. The molecule has 3 rings (SSSR count). The molecular formula is C19H18ClNO3S. The van der Waals surface area contributed by atoms with Gasteiger partial charge in [0, 0.05) is 11.6 Å². The molecular weight excluding hydrogens is 358 g/mol. The highest BCUT2D eigenvalue weighted by atomic mass is 35.5. The lowest BCUT2D eigenvalue weighted by molar-refractivity contribution is 0.183. The van der Waals surface area contributed by atoms with E-state index in [1.165, 1.54) is 6.07 Å². The largest absolute Gasteiger partial charge is 0.387 e. The Balaban J connectivity index is 1.84. The second kappa shape index (κ2) is 7.14. The third-order valence-corrected chi connectivity index (χ3v) is 6.13. The Labute approximate surface area is 152 Å². The maximum atomic E-state index is 12.5. The lowest BCUT2D eigenvalue weighted by Crippen LogP contribution is -2.29. The third-order valence-electron chi connectivity index (χ3n) is 4.16. The van der Waals surface area contributed by atoms with E-state index < -0.39 is 16.1 Å². The van der Waals surface area contributed by atoms with Crippen LogP contribution in [0, 0.1) is 6.92 Å². The summed E-state index contributed by atoms with van der Waals surface area (Å²) in [5.41, 5.74) is 1.17. The zero-order chi connectivity index (χ0) is 18.0. The Kier molecular flexibility index (Phi) is 5.11. The smallest absolute Gasteiger partial charge is 0.240 e. The standard InChI is InChI=1S/C19H18ClNO3S/c1-13-17(20)10-5-11-19(13)25(23,24)21-12-18(22)16-9-4-7-14-6-2-3-8-15(14)16/h2-11,18,21-22H,12H2,1H3/t18-/m1/s1. The van der Waals surface area contributed by atoms with Crippen molar-refractivity contribution in [3.05, 3.63) is 76.8 Å². The lowest BCUT2D eigenvalue weighted by Gasteiger charge is -2.16. The summed E-state index contributed by atoms with van der Waals surface area (Å²) in [6.45, 7) is 1.53. The number of nitrogens with one attached hydrogen (secondary N) is 1. The molecule has 4 nitrogen and oxygen atoms in total. The van der Waals surface area contributed by atoms with Gasteiger partial charge in [-0.15, -0.1) is 0 Å². The van der Waals surface area contributed by atoms with E-state index in [9.17, 15) is 13.5 Å². The highest BCUT2D eigenvalue weighted by Gasteiger charge is 2.20. The average molecular weight is 376 g/mol. The minimum atomic E-state index is -3.76. The van der Waals surface area contributed by atoms with Crippen molar-refractivity contribution in [1.82, 2.24) is 4.72 Å². The van der Waals surface area contributed by atoms with E-state index >= 15 is 0 Å². The van der Waals surface area contributed by atoms with E-state index in [0.29, 0.717) is 16.1 Å². The Hall–Kier alpha value is -1.92. The van der Waals surface area contributed by atoms with Crippen LogP contribution < -0.4 is 4.72 Å². The Bertz CT molecular complexity index is 1010. The van der Waals surface area contributed by atoms with E-state index in [4.69, 9.17) is 11.6 Å². The molecule has 2 N–H and O–H groups in total. The van der Waals surface area contributed by atoms with E-state index in [-0.39, 0.29) is 11.4 Å². The first kappa shape index (κ1) is 17.9. The molecule has 0 unspecified atom stereocenters. The zero-order valence-electron chi connectivity index (χ0n) is 13.6. The van der Waals surface area contributed by atoms with E-state index in [1.54, 1.807) is 25.1 Å². The van der Waals surface area contributed by atoms with Crippen LogP contribution in [0.3, 0.4) is 0 Å². The molecule has 0 aromatic heterocycles. The van der Waals surface area contributed by atoms with Crippen molar-refractivity contribution in [2.24, 2.45) is 0 Å². The van der Waals surface area contributed by atoms with Gasteiger partial charge in [-0.25, -0.2) is 13.1 Å². The number of fused-ring (bicyclic) bond motifs is 1. The number of hydrogen-bond donors (Lipinski definition) is 2. The third kappa shape index (κ3) is 3.70. The van der Waals surface area contributed by atoms with Crippen LogP contribution >= 0.6 is 11.6 Å². The van der Waals surface area contributed by atoms with Crippen molar-refractivity contribution < 1.29 is 13.5 Å². The summed E-state index contributed by atoms with van der Waals surface area (Å²) in [6, 6.07) is 18.0. The molecule has 130 valence electrons. The fourth-order valence-corrected chi connectivity index (χ4v) is 4.33. The molecule has 0 saturated heterocycles. The summed E-state index contributed by atoms with van der Waals surface area (Å²) >= 11 is 6.00. The highest BCUT2D eigenvalue weighted by Crippen LogP contribution is 2.25. The second-order valence-corrected chi connectivity index (χ2v) is 7.94. The number of rotatable bonds is 5. The summed E-state index contributed by atoms with van der Waals surface area (Å²) in [7, 11) is -3.76. The highest BCUT2D eigenvalue weighted by molar-refractivity contribution is 7.89. The second-order valence-electron chi connectivity index (χ2n) is 5.80. The molecule has 0 bridgehead atoms. The quantitative estimate of drug-likeness (QED) is 0.712. The molecule has 0 aliphatic rings. The van der Waals surface area contributed by atoms with Crippen LogP contribution in [0.1, 0.15) is 17.2 Å². The molecule has 1 atom stereocenters. The summed E-state index contributed by atoms with van der Waals surface area (Å²) in [5.74, 6) is 0. The van der Waals surface area contributed by atoms with Gasteiger partial charge in [0.1, 0.15) is 0 Å².